The van der Waals surface area contributed by atoms with E-state index in [9.17, 15) is 40.5 Å². The minimum absolute atomic E-state index is 0.1000. The van der Waals surface area contributed by atoms with E-state index in [2.05, 4.69) is 21.0 Å². The van der Waals surface area contributed by atoms with Crippen LogP contribution in [0.2, 0.25) is 0 Å². The van der Waals surface area contributed by atoms with Crippen LogP contribution in [0, 0.1) is 0 Å². The number of phenolic OH excluding ortho intramolecular Hbond substituents is 5. The van der Waals surface area contributed by atoms with Crippen LogP contribution in [0.1, 0.15) is 82.0 Å². The molecule has 0 radical (unpaired) electrons. The van der Waals surface area contributed by atoms with Crippen LogP contribution < -0.4 is 4.90 Å². The summed E-state index contributed by atoms with van der Waals surface area (Å²) in [5, 5.41) is 76.8. The number of hydrogen-bond acceptors (Lipinski definition) is 12. The van der Waals surface area contributed by atoms with Crippen LogP contribution in [0.15, 0.2) is 22.8 Å². The van der Waals surface area contributed by atoms with Crippen LogP contribution in [0.5, 0.6) is 28.7 Å². The van der Waals surface area contributed by atoms with Crippen molar-refractivity contribution in [1.29, 1.82) is 0 Å². The average molecular weight is 706 g/mol. The number of aliphatic hydroxyl groups excluding tert-OH is 1. The van der Waals surface area contributed by atoms with Gasteiger partial charge in [-0.15, -0.1) is 0 Å². The van der Waals surface area contributed by atoms with Gasteiger partial charge in [-0.3, -0.25) is 0 Å². The highest BCUT2D eigenvalue weighted by Gasteiger charge is 2.45. The summed E-state index contributed by atoms with van der Waals surface area (Å²) in [6.45, 7) is 5.32. The molecule has 0 spiro atoms. The van der Waals surface area contributed by atoms with Crippen LogP contribution in [0.4, 0.5) is 5.82 Å². The lowest BCUT2D eigenvalue weighted by Crippen LogP contribution is -2.49. The monoisotopic (exact) mass is 704 g/mol. The molecule has 0 aliphatic heterocycles. The van der Waals surface area contributed by atoms with Crippen molar-refractivity contribution >= 4 is 44.5 Å². The molecule has 2 aromatic heterocycles. The molecule has 4 rings (SSSR count). The first kappa shape index (κ1) is 34.9. The Bertz CT molecular complexity index is 1660. The number of halogens is 1. The molecule has 250 valence electrons. The van der Waals surface area contributed by atoms with Gasteiger partial charge in [-0.25, -0.2) is 9.78 Å². The zero-order valence-corrected chi connectivity index (χ0v) is 28.0. The molecular weight excluding hydrogens is 664 g/mol. The number of rotatable bonds is 10. The quantitative estimate of drug-likeness (QED) is 0.0666. The second-order valence-corrected chi connectivity index (χ2v) is 12.6. The van der Waals surface area contributed by atoms with E-state index < -0.39 is 46.4 Å². The first-order valence-corrected chi connectivity index (χ1v) is 15.9. The van der Waals surface area contributed by atoms with Crippen LogP contribution in [0.3, 0.4) is 0 Å². The van der Waals surface area contributed by atoms with Crippen molar-refractivity contribution < 1.29 is 45.3 Å². The normalized spacial score (nSPS) is 19.8. The van der Waals surface area contributed by atoms with Gasteiger partial charge in [0.1, 0.15) is 11.4 Å². The molecule has 1 unspecified atom stereocenters. The van der Waals surface area contributed by atoms with E-state index in [1.807, 2.05) is 25.9 Å². The molecule has 7 N–H and O–H groups in total. The number of aromatic hydroxyl groups is 5. The largest absolute Gasteiger partial charge is 0.504 e. The highest BCUT2D eigenvalue weighted by Crippen LogP contribution is 2.53. The number of anilines is 1. The van der Waals surface area contributed by atoms with E-state index in [1.54, 1.807) is 36.7 Å². The molecule has 1 saturated carbocycles. The van der Waals surface area contributed by atoms with Gasteiger partial charge in [-0.1, -0.05) is 25.5 Å². The van der Waals surface area contributed by atoms with Crippen molar-refractivity contribution in [3.05, 3.63) is 39.6 Å². The lowest BCUT2D eigenvalue weighted by Gasteiger charge is -2.38. The van der Waals surface area contributed by atoms with E-state index in [-0.39, 0.29) is 30.9 Å². The second-order valence-electron chi connectivity index (χ2n) is 11.8. The van der Waals surface area contributed by atoms with Gasteiger partial charge in [0.15, 0.2) is 23.3 Å². The Morgan fingerprint density at radius 3 is 2.22 bits per heavy atom. The Morgan fingerprint density at radius 1 is 1.09 bits per heavy atom. The van der Waals surface area contributed by atoms with Gasteiger partial charge in [0.25, 0.3) is 0 Å². The number of benzene rings is 1. The Labute approximate surface area is 274 Å². The number of carbonyl (C=O) groups excluding carboxylic acids is 1. The van der Waals surface area contributed by atoms with Crippen LogP contribution in [0.25, 0.3) is 16.8 Å². The van der Waals surface area contributed by atoms with Gasteiger partial charge in [0.2, 0.25) is 17.2 Å². The number of carbonyl (C=O) groups is 1. The number of fused-ring (bicyclic) bond motifs is 1. The summed E-state index contributed by atoms with van der Waals surface area (Å²) in [4.78, 5) is 19.1. The number of nitrogens with zero attached hydrogens (tertiary/aromatic N) is 4. The van der Waals surface area contributed by atoms with E-state index in [4.69, 9.17) is 9.72 Å². The van der Waals surface area contributed by atoms with Gasteiger partial charge in [0.05, 0.1) is 28.5 Å². The standard InChI is InChI=1S/C32H41BrN4O9/c1-6-8-17(10-9-16(3)20-23(38)25(40)27(42)26(41)24(20)39)19-15-34-37-29(19)35-22(21(33)30(37)36(4)5)18-11-13-32(45,14-12-18)28(43)31(44)46-7-2/h9-10,15,18,28,38-43,45H,6-8,11-14H2,1-5H3. The predicted octanol–water partition coefficient (Wildman–Crippen LogP) is 4.69. The molecule has 1 aromatic carbocycles. The van der Waals surface area contributed by atoms with Crippen LogP contribution in [-0.2, 0) is 9.53 Å². The van der Waals surface area contributed by atoms with E-state index in [1.165, 1.54) is 0 Å². The Morgan fingerprint density at radius 2 is 1.67 bits per heavy atom. The zero-order chi connectivity index (χ0) is 34.1. The molecule has 1 aliphatic rings. The number of aliphatic hydroxyl groups is 2. The van der Waals surface area contributed by atoms with Crippen molar-refractivity contribution in [1.82, 2.24) is 14.6 Å². The van der Waals surface area contributed by atoms with Gasteiger partial charge >= 0.3 is 5.97 Å². The molecule has 1 atom stereocenters. The van der Waals surface area contributed by atoms with Gasteiger partial charge < -0.3 is 45.4 Å². The fourth-order valence-corrected chi connectivity index (χ4v) is 6.84. The summed E-state index contributed by atoms with van der Waals surface area (Å²) < 4.78 is 7.38. The maximum atomic E-state index is 12.2. The molecule has 0 saturated heterocycles. The molecule has 2 heterocycles. The van der Waals surface area contributed by atoms with E-state index >= 15 is 0 Å². The minimum atomic E-state index is -1.64. The van der Waals surface area contributed by atoms with Crippen molar-refractivity contribution in [2.45, 2.75) is 76.9 Å². The molecule has 46 heavy (non-hydrogen) atoms. The lowest BCUT2D eigenvalue weighted by atomic mass is 9.74. The number of esters is 1. The van der Waals surface area contributed by atoms with Crippen LogP contribution >= 0.6 is 15.9 Å². The number of hydrogen-bond donors (Lipinski definition) is 7. The lowest BCUT2D eigenvalue weighted by molar-refractivity contribution is -0.173. The number of phenols is 5. The minimum Gasteiger partial charge on any atom is -0.504 e. The molecular formula is C32H41BrN4O9. The first-order valence-electron chi connectivity index (χ1n) is 15.1. The van der Waals surface area contributed by atoms with Gasteiger partial charge in [-0.2, -0.15) is 9.61 Å². The van der Waals surface area contributed by atoms with Gasteiger partial charge in [0, 0.05) is 25.6 Å². The fraction of sp³-hybridized carbons (Fsp3) is 0.469. The number of aromatic nitrogens is 3. The maximum absolute atomic E-state index is 12.2. The SMILES string of the molecule is CCCC(=CC=C(C)c1c(O)c(O)c(O)c(O)c1O)c1cnn2c(N(C)C)c(Br)c(C3CCC(O)(C(O)C(=O)OCC)CC3)nc12. The highest BCUT2D eigenvalue weighted by molar-refractivity contribution is 9.10. The summed E-state index contributed by atoms with van der Waals surface area (Å²) in [5.41, 5.74) is 1.37. The zero-order valence-electron chi connectivity index (χ0n) is 26.5. The maximum Gasteiger partial charge on any atom is 0.337 e. The predicted molar refractivity (Wildman–Crippen MR) is 175 cm³/mol. The van der Waals surface area contributed by atoms with Crippen molar-refractivity contribution in [3.63, 3.8) is 0 Å². The molecule has 13 nitrogen and oxygen atoms in total. The average Bonchev–Trinajstić information content (AvgIpc) is 3.43. The second kappa shape index (κ2) is 13.8. The van der Waals surface area contributed by atoms with E-state index in [0.717, 1.165) is 33.5 Å². The van der Waals surface area contributed by atoms with Crippen LogP contribution in [-0.4, -0.2) is 88.7 Å². The third kappa shape index (κ3) is 6.33. The Balaban J connectivity index is 1.78. The Hall–Kier alpha value is -4.01. The van der Waals surface area contributed by atoms with Gasteiger partial charge in [-0.05, 0) is 73.0 Å². The van der Waals surface area contributed by atoms with Crippen molar-refractivity contribution in [2.75, 3.05) is 25.6 Å². The smallest absolute Gasteiger partial charge is 0.337 e. The summed E-state index contributed by atoms with van der Waals surface area (Å²) >= 11 is 3.74. The highest BCUT2D eigenvalue weighted by atomic mass is 79.9. The third-order valence-corrected chi connectivity index (χ3v) is 9.20. The molecule has 1 aliphatic carbocycles. The topological polar surface area (TPSA) is 201 Å². The van der Waals surface area contributed by atoms with Crippen molar-refractivity contribution in [3.8, 4) is 28.7 Å². The molecule has 1 fully saturated rings. The fourth-order valence-electron chi connectivity index (χ4n) is 5.91. The van der Waals surface area contributed by atoms with Crippen molar-refractivity contribution in [2.24, 2.45) is 0 Å². The number of allylic oxidation sites excluding steroid dienone is 4. The summed E-state index contributed by atoms with van der Waals surface area (Å²) in [5.74, 6) is -4.67. The summed E-state index contributed by atoms with van der Waals surface area (Å²) in [6.07, 6.45) is 6.12. The molecule has 0 bridgehead atoms. The first-order chi connectivity index (χ1) is 21.7. The number of ether oxygens (including phenoxy) is 1. The third-order valence-electron chi connectivity index (χ3n) is 8.44. The van der Waals surface area contributed by atoms with E-state index in [0.29, 0.717) is 30.5 Å². The molecule has 14 heteroatoms. The summed E-state index contributed by atoms with van der Waals surface area (Å²) in [6, 6.07) is 0. The molecule has 3 aromatic rings. The molecule has 0 amide bonds. The Kier molecular flexibility index (Phi) is 10.4. The summed E-state index contributed by atoms with van der Waals surface area (Å²) in [7, 11) is 3.77.